The number of benzene rings is 1. The molecule has 0 saturated heterocycles. The van der Waals surface area contributed by atoms with Crippen LogP contribution in [0.4, 0.5) is 5.69 Å². The maximum atomic E-state index is 13.1. The molecule has 0 atom stereocenters. The Bertz CT molecular complexity index is 1070. The Labute approximate surface area is 165 Å². The molecule has 1 N–H and O–H groups in total. The summed E-state index contributed by atoms with van der Waals surface area (Å²) >= 11 is 3.38. The third kappa shape index (κ3) is 3.56. The molecule has 0 unspecified atom stereocenters. The van der Waals surface area contributed by atoms with Gasteiger partial charge in [0.15, 0.2) is 0 Å². The highest BCUT2D eigenvalue weighted by Gasteiger charge is 2.19. The van der Waals surface area contributed by atoms with E-state index in [1.54, 1.807) is 9.13 Å². The molecule has 6 nitrogen and oxygen atoms in total. The largest absolute Gasteiger partial charge is 0.330 e. The molecule has 0 radical (unpaired) electrons. The smallest absolute Gasteiger partial charge is 0.278 e. The minimum Gasteiger partial charge on any atom is -0.330 e. The normalized spacial score (nSPS) is 14.0. The average molecular weight is 429 g/mol. The van der Waals surface area contributed by atoms with E-state index in [0.29, 0.717) is 17.6 Å². The Morgan fingerprint density at radius 3 is 2.78 bits per heavy atom. The molecule has 1 aliphatic rings. The van der Waals surface area contributed by atoms with E-state index < -0.39 is 0 Å². The summed E-state index contributed by atoms with van der Waals surface area (Å²) in [5.41, 5.74) is 2.75. The predicted molar refractivity (Wildman–Crippen MR) is 109 cm³/mol. The zero-order valence-corrected chi connectivity index (χ0v) is 16.8. The van der Waals surface area contributed by atoms with Gasteiger partial charge in [-0.05, 0) is 50.1 Å². The molecular weight excluding hydrogens is 408 g/mol. The van der Waals surface area contributed by atoms with Crippen molar-refractivity contribution in [2.45, 2.75) is 45.7 Å². The summed E-state index contributed by atoms with van der Waals surface area (Å²) in [4.78, 5) is 30.4. The van der Waals surface area contributed by atoms with Crippen molar-refractivity contribution < 1.29 is 4.79 Å². The number of carbonyl (C=O) groups excluding carboxylic acids is 1. The van der Waals surface area contributed by atoms with Gasteiger partial charge in [-0.15, -0.1) is 0 Å². The third-order valence-electron chi connectivity index (χ3n) is 5.00. The predicted octanol–water partition coefficient (Wildman–Crippen LogP) is 3.63. The molecule has 0 saturated carbocycles. The standard InChI is InChI=1S/C20H21BrN4O2/c1-13-11-16-19(20(27)24-10-4-2-3-5-17(24)23-16)25(13)12-18(26)22-15-8-6-14(21)7-9-15/h6-9,11H,2-5,10,12H2,1H3,(H,22,26). The SMILES string of the molecule is Cc1cc2nc3n(c(=O)c2n1CC(=O)Nc1ccc(Br)cc1)CCCCC3. The van der Waals surface area contributed by atoms with Gasteiger partial charge in [0, 0.05) is 28.8 Å². The number of fused-ring (bicyclic) bond motifs is 2. The van der Waals surface area contributed by atoms with Crippen LogP contribution >= 0.6 is 15.9 Å². The molecule has 3 heterocycles. The lowest BCUT2D eigenvalue weighted by atomic mass is 10.2. The Kier molecular flexibility index (Phi) is 4.86. The van der Waals surface area contributed by atoms with E-state index in [0.717, 1.165) is 47.4 Å². The molecule has 0 fully saturated rings. The molecule has 2 aromatic heterocycles. The van der Waals surface area contributed by atoms with Crippen LogP contribution in [0.5, 0.6) is 0 Å². The molecule has 0 aliphatic carbocycles. The zero-order valence-electron chi connectivity index (χ0n) is 15.2. The van der Waals surface area contributed by atoms with Gasteiger partial charge in [-0.25, -0.2) is 4.98 Å². The van der Waals surface area contributed by atoms with Crippen LogP contribution in [0, 0.1) is 6.92 Å². The van der Waals surface area contributed by atoms with Gasteiger partial charge in [0.2, 0.25) is 5.91 Å². The molecule has 140 valence electrons. The number of hydrogen-bond acceptors (Lipinski definition) is 3. The summed E-state index contributed by atoms with van der Waals surface area (Å²) in [6, 6.07) is 9.31. The Balaban J connectivity index is 1.68. The first-order chi connectivity index (χ1) is 13.0. The monoisotopic (exact) mass is 428 g/mol. The molecule has 0 spiro atoms. The third-order valence-corrected chi connectivity index (χ3v) is 5.53. The molecule has 27 heavy (non-hydrogen) atoms. The Hall–Kier alpha value is -2.41. The number of hydrogen-bond donors (Lipinski definition) is 1. The zero-order chi connectivity index (χ0) is 19.0. The number of aryl methyl sites for hydroxylation is 2. The van der Waals surface area contributed by atoms with Crippen LogP contribution in [-0.4, -0.2) is 20.0 Å². The summed E-state index contributed by atoms with van der Waals surface area (Å²) in [7, 11) is 0. The van der Waals surface area contributed by atoms with Gasteiger partial charge < -0.3 is 9.88 Å². The first-order valence-corrected chi connectivity index (χ1v) is 9.97. The molecule has 4 rings (SSSR count). The molecule has 1 aliphatic heterocycles. The van der Waals surface area contributed by atoms with Crippen molar-refractivity contribution in [1.29, 1.82) is 0 Å². The number of nitrogens with zero attached hydrogens (tertiary/aromatic N) is 3. The van der Waals surface area contributed by atoms with Gasteiger partial charge in [-0.1, -0.05) is 22.4 Å². The molecule has 1 aromatic carbocycles. The summed E-state index contributed by atoms with van der Waals surface area (Å²) in [6.07, 6.45) is 4.00. The van der Waals surface area contributed by atoms with E-state index in [1.165, 1.54) is 0 Å². The van der Waals surface area contributed by atoms with Gasteiger partial charge in [-0.2, -0.15) is 0 Å². The highest BCUT2D eigenvalue weighted by atomic mass is 79.9. The number of nitrogens with one attached hydrogen (secondary N) is 1. The number of aromatic nitrogens is 3. The van der Waals surface area contributed by atoms with Crippen LogP contribution in [0.2, 0.25) is 0 Å². The van der Waals surface area contributed by atoms with E-state index in [2.05, 4.69) is 21.2 Å². The maximum Gasteiger partial charge on any atom is 0.278 e. The number of carbonyl (C=O) groups is 1. The second kappa shape index (κ2) is 7.31. The molecule has 7 heteroatoms. The number of anilines is 1. The quantitative estimate of drug-likeness (QED) is 0.692. The van der Waals surface area contributed by atoms with E-state index >= 15 is 0 Å². The van der Waals surface area contributed by atoms with Crippen LogP contribution in [0.25, 0.3) is 11.0 Å². The van der Waals surface area contributed by atoms with Crippen molar-refractivity contribution in [2.75, 3.05) is 5.32 Å². The maximum absolute atomic E-state index is 13.1. The highest BCUT2D eigenvalue weighted by Crippen LogP contribution is 2.19. The fraction of sp³-hybridized carbons (Fsp3) is 0.350. The Morgan fingerprint density at radius 2 is 2.00 bits per heavy atom. The minimum absolute atomic E-state index is 0.0403. The van der Waals surface area contributed by atoms with Crippen LogP contribution in [0.3, 0.4) is 0 Å². The summed E-state index contributed by atoms with van der Waals surface area (Å²) < 4.78 is 4.52. The number of halogens is 1. The molecule has 1 amide bonds. The summed E-state index contributed by atoms with van der Waals surface area (Å²) in [5.74, 6) is 0.693. The van der Waals surface area contributed by atoms with Crippen molar-refractivity contribution in [2.24, 2.45) is 0 Å². The van der Waals surface area contributed by atoms with E-state index in [-0.39, 0.29) is 18.0 Å². The lowest BCUT2D eigenvalue weighted by Crippen LogP contribution is -2.28. The molecule has 3 aromatic rings. The fourth-order valence-corrected chi connectivity index (χ4v) is 3.91. The number of rotatable bonds is 3. The van der Waals surface area contributed by atoms with E-state index in [4.69, 9.17) is 4.98 Å². The van der Waals surface area contributed by atoms with Crippen LogP contribution in [0.15, 0.2) is 39.6 Å². The first-order valence-electron chi connectivity index (χ1n) is 9.18. The fourth-order valence-electron chi connectivity index (χ4n) is 3.65. The minimum atomic E-state index is -0.169. The number of amides is 1. The average Bonchev–Trinajstić information content (AvgIpc) is 2.81. The lowest BCUT2D eigenvalue weighted by molar-refractivity contribution is -0.116. The van der Waals surface area contributed by atoms with Crippen LogP contribution < -0.4 is 10.9 Å². The van der Waals surface area contributed by atoms with E-state index in [9.17, 15) is 9.59 Å². The van der Waals surface area contributed by atoms with Crippen molar-refractivity contribution in [3.63, 3.8) is 0 Å². The Morgan fingerprint density at radius 1 is 1.22 bits per heavy atom. The van der Waals surface area contributed by atoms with Crippen molar-refractivity contribution >= 4 is 38.6 Å². The topological polar surface area (TPSA) is 68.9 Å². The van der Waals surface area contributed by atoms with Crippen LogP contribution in [0.1, 0.15) is 30.8 Å². The summed E-state index contributed by atoms with van der Waals surface area (Å²) in [5, 5.41) is 2.88. The first kappa shape index (κ1) is 18.0. The van der Waals surface area contributed by atoms with Crippen molar-refractivity contribution in [1.82, 2.24) is 14.1 Å². The van der Waals surface area contributed by atoms with Crippen molar-refractivity contribution in [3.8, 4) is 0 Å². The van der Waals surface area contributed by atoms with Crippen LogP contribution in [-0.2, 0) is 24.3 Å². The lowest BCUT2D eigenvalue weighted by Gasteiger charge is -2.12. The second-order valence-electron chi connectivity index (χ2n) is 6.96. The summed E-state index contributed by atoms with van der Waals surface area (Å²) in [6.45, 7) is 2.69. The van der Waals surface area contributed by atoms with Gasteiger partial charge in [0.25, 0.3) is 5.56 Å². The van der Waals surface area contributed by atoms with E-state index in [1.807, 2.05) is 37.3 Å². The van der Waals surface area contributed by atoms with Crippen molar-refractivity contribution in [3.05, 3.63) is 56.7 Å². The molecular formula is C20H21BrN4O2. The van der Waals surface area contributed by atoms with Gasteiger partial charge in [0.05, 0.1) is 5.52 Å². The molecule has 0 bridgehead atoms. The van der Waals surface area contributed by atoms with Gasteiger partial charge >= 0.3 is 0 Å². The second-order valence-corrected chi connectivity index (χ2v) is 7.87. The van der Waals surface area contributed by atoms with Gasteiger partial charge in [0.1, 0.15) is 17.9 Å². The highest BCUT2D eigenvalue weighted by molar-refractivity contribution is 9.10. The van der Waals surface area contributed by atoms with Gasteiger partial charge in [-0.3, -0.25) is 14.2 Å².